The van der Waals surface area contributed by atoms with E-state index in [1.165, 1.54) is 6.07 Å². The Kier molecular flexibility index (Phi) is 3.24. The largest absolute Gasteiger partial charge is 0.490 e. The third-order valence-corrected chi connectivity index (χ3v) is 2.46. The van der Waals surface area contributed by atoms with Gasteiger partial charge in [0.15, 0.2) is 11.5 Å². The zero-order chi connectivity index (χ0) is 11.5. The maximum absolute atomic E-state index is 12.7. The van der Waals surface area contributed by atoms with E-state index in [1.807, 2.05) is 0 Å². The highest BCUT2D eigenvalue weighted by Crippen LogP contribution is 2.36. The molecule has 16 heavy (non-hydrogen) atoms. The maximum atomic E-state index is 12.7. The summed E-state index contributed by atoms with van der Waals surface area (Å²) in [4.78, 5) is 0. The Labute approximate surface area is 92.1 Å². The van der Waals surface area contributed by atoms with Crippen LogP contribution in [0.5, 0.6) is 11.5 Å². The lowest BCUT2D eigenvalue weighted by atomic mass is 10.1. The van der Waals surface area contributed by atoms with Crippen molar-refractivity contribution >= 4 is 0 Å². The molecule has 0 unspecified atom stereocenters. The molecule has 0 radical (unpaired) electrons. The van der Waals surface area contributed by atoms with Crippen LogP contribution in [0.15, 0.2) is 12.1 Å². The van der Waals surface area contributed by atoms with E-state index in [-0.39, 0.29) is 12.1 Å². The molecule has 1 aromatic rings. The van der Waals surface area contributed by atoms with Crippen molar-refractivity contribution < 1.29 is 18.3 Å². The molecule has 0 amide bonds. The number of alkyl halides is 2. The van der Waals surface area contributed by atoms with Crippen LogP contribution in [-0.4, -0.2) is 13.2 Å². The molecule has 1 aliphatic rings. The topological polar surface area (TPSA) is 44.5 Å². The summed E-state index contributed by atoms with van der Waals surface area (Å²) in [6.45, 7) is 1.08. The van der Waals surface area contributed by atoms with Crippen molar-refractivity contribution in [3.05, 3.63) is 23.3 Å². The Balaban J connectivity index is 2.44. The van der Waals surface area contributed by atoms with E-state index in [2.05, 4.69) is 0 Å². The van der Waals surface area contributed by atoms with Crippen molar-refractivity contribution in [2.75, 3.05) is 13.2 Å². The van der Waals surface area contributed by atoms with Crippen LogP contribution >= 0.6 is 0 Å². The Morgan fingerprint density at radius 2 is 1.81 bits per heavy atom. The second kappa shape index (κ2) is 4.65. The lowest BCUT2D eigenvalue weighted by Gasteiger charge is -2.13. The summed E-state index contributed by atoms with van der Waals surface area (Å²) in [5.41, 5.74) is 5.76. The van der Waals surface area contributed by atoms with Gasteiger partial charge < -0.3 is 15.2 Å². The third kappa shape index (κ3) is 2.09. The van der Waals surface area contributed by atoms with Gasteiger partial charge in [0.05, 0.1) is 13.2 Å². The highest BCUT2D eigenvalue weighted by atomic mass is 19.3. The van der Waals surface area contributed by atoms with Gasteiger partial charge in [0.2, 0.25) is 0 Å². The van der Waals surface area contributed by atoms with E-state index in [0.717, 1.165) is 6.42 Å². The Hall–Kier alpha value is -1.36. The van der Waals surface area contributed by atoms with Crippen LogP contribution in [-0.2, 0) is 6.54 Å². The quantitative estimate of drug-likeness (QED) is 0.845. The van der Waals surface area contributed by atoms with Crippen molar-refractivity contribution in [2.45, 2.75) is 19.4 Å². The zero-order valence-corrected chi connectivity index (χ0v) is 8.71. The Bertz CT molecular complexity index is 382. The second-order valence-electron chi connectivity index (χ2n) is 3.55. The van der Waals surface area contributed by atoms with Crippen molar-refractivity contribution in [1.29, 1.82) is 0 Å². The normalized spacial score (nSPS) is 15.0. The summed E-state index contributed by atoms with van der Waals surface area (Å²) in [7, 11) is 0. The fraction of sp³-hybridized carbons (Fsp3) is 0.455. The van der Waals surface area contributed by atoms with Gasteiger partial charge in [0.25, 0.3) is 6.43 Å². The fourth-order valence-corrected chi connectivity index (χ4v) is 1.65. The van der Waals surface area contributed by atoms with Gasteiger partial charge in [-0.05, 0) is 17.7 Å². The van der Waals surface area contributed by atoms with Gasteiger partial charge in [-0.15, -0.1) is 0 Å². The molecular weight excluding hydrogens is 216 g/mol. The molecule has 0 bridgehead atoms. The molecule has 1 aliphatic heterocycles. The highest BCUT2D eigenvalue weighted by Gasteiger charge is 2.19. The lowest BCUT2D eigenvalue weighted by Crippen LogP contribution is -2.04. The molecule has 5 heteroatoms. The smallest absolute Gasteiger partial charge is 0.264 e. The number of benzene rings is 1. The number of nitrogens with two attached hydrogens (primary N) is 1. The van der Waals surface area contributed by atoms with Crippen LogP contribution in [0.4, 0.5) is 8.78 Å². The summed E-state index contributed by atoms with van der Waals surface area (Å²) >= 11 is 0. The minimum atomic E-state index is -2.55. The number of halogens is 2. The second-order valence-corrected chi connectivity index (χ2v) is 3.55. The van der Waals surface area contributed by atoms with Crippen molar-refractivity contribution in [3.8, 4) is 11.5 Å². The summed E-state index contributed by atoms with van der Waals surface area (Å²) in [5, 5.41) is 0. The molecule has 2 N–H and O–H groups in total. The fourth-order valence-electron chi connectivity index (χ4n) is 1.65. The van der Waals surface area contributed by atoms with Crippen molar-refractivity contribution in [3.63, 3.8) is 0 Å². The third-order valence-electron chi connectivity index (χ3n) is 2.46. The molecule has 3 nitrogen and oxygen atoms in total. The van der Waals surface area contributed by atoms with Crippen LogP contribution in [0.1, 0.15) is 24.0 Å². The molecule has 0 atom stereocenters. The predicted molar refractivity (Wildman–Crippen MR) is 54.9 cm³/mol. The average Bonchev–Trinajstić information content (AvgIpc) is 2.51. The van der Waals surface area contributed by atoms with E-state index >= 15 is 0 Å². The maximum Gasteiger partial charge on any atom is 0.264 e. The van der Waals surface area contributed by atoms with Crippen LogP contribution in [0.2, 0.25) is 0 Å². The molecule has 1 heterocycles. The predicted octanol–water partition coefficient (Wildman–Crippen LogP) is 2.24. The van der Waals surface area contributed by atoms with Crippen molar-refractivity contribution in [2.24, 2.45) is 5.73 Å². The number of rotatable bonds is 2. The first kappa shape index (κ1) is 11.1. The molecule has 0 spiro atoms. The Morgan fingerprint density at radius 3 is 2.38 bits per heavy atom. The minimum absolute atomic E-state index is 0.0658. The standard InChI is InChI=1S/C11H13F2NO2/c12-11(13)8-5-10-9(4-7(8)6-14)15-2-1-3-16-10/h4-5,11H,1-3,6,14H2. The minimum Gasteiger partial charge on any atom is -0.490 e. The summed E-state index contributed by atoms with van der Waals surface area (Å²) in [5.74, 6) is 0.882. The molecule has 1 aromatic carbocycles. The molecule has 0 saturated carbocycles. The summed E-state index contributed by atoms with van der Waals surface area (Å²) in [6, 6.07) is 2.87. The number of ether oxygens (including phenoxy) is 2. The van der Waals surface area contributed by atoms with Crippen LogP contribution in [0, 0.1) is 0 Å². The van der Waals surface area contributed by atoms with E-state index in [0.29, 0.717) is 30.3 Å². The molecule has 2 rings (SSSR count). The van der Waals surface area contributed by atoms with E-state index in [4.69, 9.17) is 15.2 Å². The number of hydrogen-bond donors (Lipinski definition) is 1. The number of hydrogen-bond acceptors (Lipinski definition) is 3. The first-order valence-corrected chi connectivity index (χ1v) is 5.13. The van der Waals surface area contributed by atoms with Gasteiger partial charge >= 0.3 is 0 Å². The SMILES string of the molecule is NCc1cc2c(cc1C(F)F)OCCCO2. The highest BCUT2D eigenvalue weighted by molar-refractivity contribution is 5.48. The van der Waals surface area contributed by atoms with Gasteiger partial charge in [-0.3, -0.25) is 0 Å². The van der Waals surface area contributed by atoms with Gasteiger partial charge in [0, 0.05) is 18.5 Å². The van der Waals surface area contributed by atoms with Crippen LogP contribution in [0.3, 0.4) is 0 Å². The van der Waals surface area contributed by atoms with Gasteiger partial charge in [-0.25, -0.2) is 8.78 Å². The molecule has 0 aromatic heterocycles. The van der Waals surface area contributed by atoms with Crippen molar-refractivity contribution in [1.82, 2.24) is 0 Å². The first-order chi connectivity index (χ1) is 7.72. The van der Waals surface area contributed by atoms with Gasteiger partial charge in [0.1, 0.15) is 0 Å². The van der Waals surface area contributed by atoms with Gasteiger partial charge in [-0.1, -0.05) is 0 Å². The summed E-state index contributed by atoms with van der Waals surface area (Å²) < 4.78 is 36.2. The molecular formula is C11H13F2NO2. The van der Waals surface area contributed by atoms with Gasteiger partial charge in [-0.2, -0.15) is 0 Å². The van der Waals surface area contributed by atoms with E-state index in [9.17, 15) is 8.78 Å². The van der Waals surface area contributed by atoms with E-state index < -0.39 is 6.43 Å². The first-order valence-electron chi connectivity index (χ1n) is 5.13. The molecule has 0 aliphatic carbocycles. The Morgan fingerprint density at radius 1 is 1.19 bits per heavy atom. The average molecular weight is 229 g/mol. The van der Waals surface area contributed by atoms with Crippen LogP contribution < -0.4 is 15.2 Å². The zero-order valence-electron chi connectivity index (χ0n) is 8.71. The number of fused-ring (bicyclic) bond motifs is 1. The lowest BCUT2D eigenvalue weighted by molar-refractivity contribution is 0.149. The molecule has 0 saturated heterocycles. The monoisotopic (exact) mass is 229 g/mol. The van der Waals surface area contributed by atoms with Crippen LogP contribution in [0.25, 0.3) is 0 Å². The molecule has 88 valence electrons. The molecule has 0 fully saturated rings. The summed E-state index contributed by atoms with van der Waals surface area (Å²) in [6.07, 6.45) is -1.80. The van der Waals surface area contributed by atoms with E-state index in [1.54, 1.807) is 6.07 Å².